The van der Waals surface area contributed by atoms with E-state index in [1.54, 1.807) is 0 Å². The van der Waals surface area contributed by atoms with Crippen molar-refractivity contribution >= 4 is 5.91 Å². The Morgan fingerprint density at radius 2 is 2.04 bits per heavy atom. The first kappa shape index (κ1) is 17.8. The first-order chi connectivity index (χ1) is 10.8. The Labute approximate surface area is 134 Å². The highest BCUT2D eigenvalue weighted by atomic mass is 19.4. The van der Waals surface area contributed by atoms with Crippen LogP contribution < -0.4 is 5.32 Å². The summed E-state index contributed by atoms with van der Waals surface area (Å²) in [5.41, 5.74) is -0.439. The molecule has 1 aliphatic heterocycles. The fraction of sp³-hybridized carbons (Fsp3) is 0.812. The topological polar surface area (TPSA) is 53.8 Å². The van der Waals surface area contributed by atoms with Crippen LogP contribution in [-0.4, -0.2) is 24.3 Å². The summed E-state index contributed by atoms with van der Waals surface area (Å²) in [5.74, 6) is 0.906. The average molecular weight is 329 g/mol. The van der Waals surface area contributed by atoms with E-state index in [1.807, 2.05) is 0 Å². The van der Waals surface area contributed by atoms with Crippen molar-refractivity contribution in [2.75, 3.05) is 6.54 Å². The van der Waals surface area contributed by atoms with Crippen LogP contribution in [0.25, 0.3) is 0 Å². The zero-order valence-corrected chi connectivity index (χ0v) is 13.0. The van der Waals surface area contributed by atoms with Crippen molar-refractivity contribution in [1.29, 1.82) is 0 Å². The van der Waals surface area contributed by atoms with Gasteiger partial charge in [0.15, 0.2) is 5.66 Å². The summed E-state index contributed by atoms with van der Waals surface area (Å²) in [4.78, 5) is 11.9. The molecule has 2 unspecified atom stereocenters. The molecule has 128 valence electrons. The highest BCUT2D eigenvalue weighted by Crippen LogP contribution is 2.41. The minimum absolute atomic E-state index is 0.0632. The van der Waals surface area contributed by atoms with Crippen LogP contribution >= 0.6 is 0 Å². The maximum absolute atomic E-state index is 12.8. The van der Waals surface area contributed by atoms with Gasteiger partial charge in [0, 0.05) is 32.2 Å². The van der Waals surface area contributed by atoms with Gasteiger partial charge in [0.25, 0.3) is 0 Å². The van der Waals surface area contributed by atoms with E-state index < -0.39 is 17.8 Å². The summed E-state index contributed by atoms with van der Waals surface area (Å²) < 4.78 is 38.3. The number of nitrogens with zero attached hydrogens (tertiary/aromatic N) is 2. The van der Waals surface area contributed by atoms with E-state index in [-0.39, 0.29) is 31.1 Å². The van der Waals surface area contributed by atoms with Gasteiger partial charge < -0.3 is 5.32 Å². The minimum Gasteiger partial charge on any atom is -0.356 e. The number of alkyl halides is 3. The predicted octanol–water partition coefficient (Wildman–Crippen LogP) is 3.83. The van der Waals surface area contributed by atoms with Crippen molar-refractivity contribution in [3.8, 4) is 12.3 Å². The number of hydrogen-bond acceptors (Lipinski definition) is 3. The maximum Gasteiger partial charge on any atom is 0.391 e. The lowest BCUT2D eigenvalue weighted by molar-refractivity contribution is -0.186. The van der Waals surface area contributed by atoms with Crippen LogP contribution in [-0.2, 0) is 4.79 Å². The molecule has 1 N–H and O–H groups in total. The number of halogens is 3. The van der Waals surface area contributed by atoms with Crippen molar-refractivity contribution < 1.29 is 18.0 Å². The Kier molecular flexibility index (Phi) is 5.66. The van der Waals surface area contributed by atoms with E-state index >= 15 is 0 Å². The van der Waals surface area contributed by atoms with Gasteiger partial charge in [-0.05, 0) is 25.2 Å². The van der Waals surface area contributed by atoms with E-state index in [4.69, 9.17) is 6.42 Å². The van der Waals surface area contributed by atoms with E-state index in [0.29, 0.717) is 38.6 Å². The molecule has 2 rings (SSSR count). The third-order valence-corrected chi connectivity index (χ3v) is 4.62. The summed E-state index contributed by atoms with van der Waals surface area (Å²) in [6.07, 6.45) is 4.55. The van der Waals surface area contributed by atoms with Crippen LogP contribution in [0.1, 0.15) is 51.4 Å². The van der Waals surface area contributed by atoms with Crippen molar-refractivity contribution in [3.63, 3.8) is 0 Å². The molecule has 0 saturated heterocycles. The van der Waals surface area contributed by atoms with Gasteiger partial charge in [-0.1, -0.05) is 6.42 Å². The van der Waals surface area contributed by atoms with Crippen molar-refractivity contribution in [1.82, 2.24) is 5.32 Å². The molecule has 0 bridgehead atoms. The number of terminal acetylenes is 1. The SMILES string of the molecule is C#CCCC1(CCNC(=O)CC2CCCC(C(F)(F)F)C2)N=N1. The Bertz CT molecular complexity index is 490. The van der Waals surface area contributed by atoms with Crippen LogP contribution in [0.2, 0.25) is 0 Å². The van der Waals surface area contributed by atoms with Gasteiger partial charge in [-0.2, -0.15) is 23.4 Å². The molecule has 23 heavy (non-hydrogen) atoms. The lowest BCUT2D eigenvalue weighted by Crippen LogP contribution is -2.33. The van der Waals surface area contributed by atoms with Gasteiger partial charge in [-0.15, -0.1) is 12.3 Å². The minimum atomic E-state index is -4.15. The van der Waals surface area contributed by atoms with E-state index in [9.17, 15) is 18.0 Å². The second-order valence-corrected chi connectivity index (χ2v) is 6.46. The number of carbonyl (C=O) groups excluding carboxylic acids is 1. The molecule has 1 fully saturated rings. The number of nitrogens with one attached hydrogen (secondary N) is 1. The molecule has 0 aromatic rings. The molecule has 2 atom stereocenters. The number of carbonyl (C=O) groups is 1. The first-order valence-corrected chi connectivity index (χ1v) is 8.05. The molecule has 1 aliphatic carbocycles. The van der Waals surface area contributed by atoms with E-state index in [0.717, 1.165) is 0 Å². The maximum atomic E-state index is 12.8. The van der Waals surface area contributed by atoms with Gasteiger partial charge in [0.2, 0.25) is 5.91 Å². The lowest BCUT2D eigenvalue weighted by Gasteiger charge is -2.30. The molecule has 7 heteroatoms. The lowest BCUT2D eigenvalue weighted by atomic mass is 9.79. The summed E-state index contributed by atoms with van der Waals surface area (Å²) in [6.45, 7) is 0.422. The third kappa shape index (κ3) is 5.52. The molecule has 1 heterocycles. The quantitative estimate of drug-likeness (QED) is 0.709. The second kappa shape index (κ2) is 7.33. The largest absolute Gasteiger partial charge is 0.391 e. The summed E-state index contributed by atoms with van der Waals surface area (Å²) >= 11 is 0. The molecule has 0 aromatic heterocycles. The van der Waals surface area contributed by atoms with Gasteiger partial charge >= 0.3 is 6.18 Å². The highest BCUT2D eigenvalue weighted by Gasteiger charge is 2.42. The van der Waals surface area contributed by atoms with Crippen LogP contribution in [0, 0.1) is 24.2 Å². The third-order valence-electron chi connectivity index (χ3n) is 4.62. The first-order valence-electron chi connectivity index (χ1n) is 8.05. The predicted molar refractivity (Wildman–Crippen MR) is 79.4 cm³/mol. The average Bonchev–Trinajstić information content (AvgIpc) is 3.25. The standard InChI is InChI=1S/C16H22F3N3O/c1-2-3-7-15(21-22-15)8-9-20-14(23)11-12-5-4-6-13(10-12)16(17,18)19/h1,12-13H,3-11H2,(H,20,23). The zero-order chi connectivity index (χ0) is 16.9. The van der Waals surface area contributed by atoms with Gasteiger partial charge in [-0.3, -0.25) is 4.79 Å². The summed E-state index contributed by atoms with van der Waals surface area (Å²) in [7, 11) is 0. The molecule has 1 saturated carbocycles. The molecular weight excluding hydrogens is 307 g/mol. The Morgan fingerprint density at radius 3 is 2.65 bits per heavy atom. The van der Waals surface area contributed by atoms with Crippen LogP contribution in [0.5, 0.6) is 0 Å². The van der Waals surface area contributed by atoms with Gasteiger partial charge in [0.05, 0.1) is 5.92 Å². The van der Waals surface area contributed by atoms with Crippen LogP contribution in [0.3, 0.4) is 0 Å². The van der Waals surface area contributed by atoms with Crippen LogP contribution in [0.4, 0.5) is 13.2 Å². The molecule has 4 nitrogen and oxygen atoms in total. The smallest absolute Gasteiger partial charge is 0.356 e. The number of amides is 1. The van der Waals surface area contributed by atoms with Crippen molar-refractivity contribution in [2.24, 2.45) is 22.1 Å². The fourth-order valence-electron chi connectivity index (χ4n) is 3.18. The Morgan fingerprint density at radius 1 is 1.30 bits per heavy atom. The Hall–Kier alpha value is -1.58. The second-order valence-electron chi connectivity index (χ2n) is 6.46. The van der Waals surface area contributed by atoms with Gasteiger partial charge in [-0.25, -0.2) is 0 Å². The summed E-state index contributed by atoms with van der Waals surface area (Å²) in [6, 6.07) is 0. The Balaban J connectivity index is 1.66. The van der Waals surface area contributed by atoms with Crippen molar-refractivity contribution in [3.05, 3.63) is 0 Å². The zero-order valence-electron chi connectivity index (χ0n) is 13.0. The molecular formula is C16H22F3N3O. The van der Waals surface area contributed by atoms with Crippen LogP contribution in [0.15, 0.2) is 10.2 Å². The fourth-order valence-corrected chi connectivity index (χ4v) is 3.18. The van der Waals surface area contributed by atoms with Crippen molar-refractivity contribution in [2.45, 2.75) is 63.2 Å². The molecule has 2 aliphatic rings. The monoisotopic (exact) mass is 329 g/mol. The number of rotatable bonds is 7. The van der Waals surface area contributed by atoms with E-state index in [1.165, 1.54) is 0 Å². The van der Waals surface area contributed by atoms with E-state index in [2.05, 4.69) is 21.5 Å². The highest BCUT2D eigenvalue weighted by molar-refractivity contribution is 5.76. The van der Waals surface area contributed by atoms with Gasteiger partial charge in [0.1, 0.15) is 0 Å². The summed E-state index contributed by atoms with van der Waals surface area (Å²) in [5, 5.41) is 10.7. The molecule has 0 radical (unpaired) electrons. The molecule has 0 aromatic carbocycles. The normalized spacial score (nSPS) is 25.7. The molecule has 0 spiro atoms. The molecule has 1 amide bonds. The number of hydrogen-bond donors (Lipinski definition) is 1.